The van der Waals surface area contributed by atoms with Crippen LogP contribution in [0.25, 0.3) is 17.3 Å². The second-order valence-electron chi connectivity index (χ2n) is 11.1. The Labute approximate surface area is 308 Å². The lowest BCUT2D eigenvalue weighted by Crippen LogP contribution is -2.30. The lowest BCUT2D eigenvalue weighted by atomic mass is 10.1. The fraction of sp³-hybridized carbons (Fsp3) is 0.0500. The highest BCUT2D eigenvalue weighted by Crippen LogP contribution is 2.37. The molecule has 0 aliphatic rings. The molecule has 8 nitrogen and oxygen atoms in total. The minimum atomic E-state index is -0.583. The third kappa shape index (κ3) is 9.52. The number of nitrogens with one attached hydrogen (secondary N) is 3. The van der Waals surface area contributed by atoms with E-state index in [0.29, 0.717) is 32.7 Å². The van der Waals surface area contributed by atoms with Crippen molar-refractivity contribution < 1.29 is 19.1 Å². The predicted molar refractivity (Wildman–Crippen MR) is 206 cm³/mol. The van der Waals surface area contributed by atoms with Crippen molar-refractivity contribution >= 4 is 69.3 Å². The molecule has 3 N–H and O–H groups in total. The minimum Gasteiger partial charge on any atom is -0.497 e. The van der Waals surface area contributed by atoms with E-state index < -0.39 is 17.1 Å². The molecular formula is C40H31ClN4O4S2. The molecule has 1 atom stereocenters. The highest BCUT2D eigenvalue weighted by atomic mass is 35.5. The molecule has 0 aliphatic heterocycles. The number of hydrogen-bond acceptors (Lipinski definition) is 7. The smallest absolute Gasteiger partial charge is 0.272 e. The molecule has 1 unspecified atom stereocenters. The molecule has 0 saturated heterocycles. The summed E-state index contributed by atoms with van der Waals surface area (Å²) in [6.07, 6.45) is 1.59. The SMILES string of the molecule is COc1cccc(/C=C(\NC(=O)c2ccccc2)C(=O)Nc2ccc(SC(C(=O)Nc3nc(-c4ccc(Cl)cc4)cs3)c3ccccc3)cc2)c1. The van der Waals surface area contributed by atoms with Gasteiger partial charge in [-0.3, -0.25) is 14.4 Å². The summed E-state index contributed by atoms with van der Waals surface area (Å²) in [6.45, 7) is 0. The summed E-state index contributed by atoms with van der Waals surface area (Å²) < 4.78 is 5.32. The summed E-state index contributed by atoms with van der Waals surface area (Å²) >= 11 is 8.76. The van der Waals surface area contributed by atoms with Crippen molar-refractivity contribution in [2.24, 2.45) is 0 Å². The number of anilines is 2. The van der Waals surface area contributed by atoms with Crippen molar-refractivity contribution in [3.05, 3.63) is 166 Å². The predicted octanol–water partition coefficient (Wildman–Crippen LogP) is 9.35. The van der Waals surface area contributed by atoms with E-state index in [1.807, 2.05) is 72.1 Å². The van der Waals surface area contributed by atoms with Gasteiger partial charge in [0.1, 0.15) is 16.7 Å². The first kappa shape index (κ1) is 35.2. The van der Waals surface area contributed by atoms with Gasteiger partial charge in [-0.25, -0.2) is 4.98 Å². The number of thiazole rings is 1. The summed E-state index contributed by atoms with van der Waals surface area (Å²) in [5.41, 5.74) is 4.12. The third-order valence-electron chi connectivity index (χ3n) is 7.51. The van der Waals surface area contributed by atoms with Crippen molar-refractivity contribution in [2.75, 3.05) is 17.7 Å². The molecule has 0 saturated carbocycles. The van der Waals surface area contributed by atoms with Crippen LogP contribution >= 0.6 is 34.7 Å². The molecule has 0 spiro atoms. The second-order valence-corrected chi connectivity index (χ2v) is 13.5. The highest BCUT2D eigenvalue weighted by Gasteiger charge is 2.24. The summed E-state index contributed by atoms with van der Waals surface area (Å²) in [4.78, 5) is 45.7. The largest absolute Gasteiger partial charge is 0.497 e. The van der Waals surface area contributed by atoms with E-state index in [1.54, 1.807) is 79.9 Å². The zero-order chi connectivity index (χ0) is 35.6. The number of aromatic nitrogens is 1. The number of carbonyl (C=O) groups excluding carboxylic acids is 3. The van der Waals surface area contributed by atoms with Crippen molar-refractivity contribution in [1.29, 1.82) is 0 Å². The standard InChI is InChI=1S/C40H31ClN4O4S2/c1-49-32-14-8-9-26(23-32)24-34(43-37(46)29-12-6-3-7-13-29)38(47)42-31-19-21-33(22-20-31)51-36(28-10-4-2-5-11-28)39(48)45-40-44-35(25-50-40)27-15-17-30(41)18-16-27/h2-25,36H,1H3,(H,42,47)(H,43,46)(H,44,45,48)/b34-24-. The van der Waals surface area contributed by atoms with Crippen LogP contribution in [0.2, 0.25) is 5.02 Å². The molecule has 6 aromatic rings. The molecule has 11 heteroatoms. The van der Waals surface area contributed by atoms with Crippen molar-refractivity contribution in [3.8, 4) is 17.0 Å². The van der Waals surface area contributed by atoms with E-state index in [-0.39, 0.29) is 11.6 Å². The number of ether oxygens (including phenoxy) is 1. The number of halogens is 1. The van der Waals surface area contributed by atoms with Gasteiger partial charge in [0.25, 0.3) is 11.8 Å². The number of rotatable bonds is 12. The van der Waals surface area contributed by atoms with Gasteiger partial charge in [0.15, 0.2) is 5.13 Å². The average molecular weight is 731 g/mol. The van der Waals surface area contributed by atoms with Gasteiger partial charge in [-0.05, 0) is 77.9 Å². The summed E-state index contributed by atoms with van der Waals surface area (Å²) in [7, 11) is 1.56. The van der Waals surface area contributed by atoms with Crippen LogP contribution < -0.4 is 20.7 Å². The van der Waals surface area contributed by atoms with Crippen LogP contribution in [0.1, 0.15) is 26.7 Å². The van der Waals surface area contributed by atoms with Gasteiger partial charge in [-0.1, -0.05) is 84.4 Å². The van der Waals surface area contributed by atoms with Gasteiger partial charge >= 0.3 is 0 Å². The summed E-state index contributed by atoms with van der Waals surface area (Å²) in [5.74, 6) is -0.536. The number of benzene rings is 5. The highest BCUT2D eigenvalue weighted by molar-refractivity contribution is 8.00. The number of hydrogen-bond donors (Lipinski definition) is 3. The molecule has 254 valence electrons. The van der Waals surface area contributed by atoms with Crippen molar-refractivity contribution in [3.63, 3.8) is 0 Å². The molecule has 5 aromatic carbocycles. The zero-order valence-corrected chi connectivity index (χ0v) is 29.6. The van der Waals surface area contributed by atoms with E-state index in [9.17, 15) is 14.4 Å². The molecular weight excluding hydrogens is 700 g/mol. The molecule has 0 bridgehead atoms. The summed E-state index contributed by atoms with van der Waals surface area (Å²) in [6, 6.07) is 39.9. The molecule has 6 rings (SSSR count). The molecule has 0 aliphatic carbocycles. The Balaban J connectivity index is 1.17. The van der Waals surface area contributed by atoms with Gasteiger partial charge in [0.2, 0.25) is 5.91 Å². The topological polar surface area (TPSA) is 109 Å². The monoisotopic (exact) mass is 730 g/mol. The molecule has 3 amide bonds. The fourth-order valence-corrected chi connectivity index (χ4v) is 6.82. The molecule has 1 aromatic heterocycles. The van der Waals surface area contributed by atoms with Gasteiger partial charge in [0.05, 0.1) is 12.8 Å². The zero-order valence-electron chi connectivity index (χ0n) is 27.2. The quantitative estimate of drug-likeness (QED) is 0.0856. The number of carbonyl (C=O) groups is 3. The Morgan fingerprint density at radius 1 is 0.824 bits per heavy atom. The third-order valence-corrected chi connectivity index (χ3v) is 9.79. The van der Waals surface area contributed by atoms with Gasteiger partial charge in [-0.2, -0.15) is 0 Å². The average Bonchev–Trinajstić information content (AvgIpc) is 3.63. The van der Waals surface area contributed by atoms with Gasteiger partial charge in [0, 0.05) is 32.1 Å². The Morgan fingerprint density at radius 2 is 1.53 bits per heavy atom. The molecule has 1 heterocycles. The molecule has 0 fully saturated rings. The fourth-order valence-electron chi connectivity index (χ4n) is 4.95. The van der Waals surface area contributed by atoms with E-state index >= 15 is 0 Å². The Bertz CT molecular complexity index is 2160. The number of nitrogens with zero attached hydrogens (tertiary/aromatic N) is 1. The number of thioether (sulfide) groups is 1. The lowest BCUT2D eigenvalue weighted by Gasteiger charge is -2.17. The number of amides is 3. The normalized spacial score (nSPS) is 11.7. The van der Waals surface area contributed by atoms with Crippen LogP contribution in [-0.4, -0.2) is 29.8 Å². The van der Waals surface area contributed by atoms with E-state index in [4.69, 9.17) is 16.3 Å². The Hall–Kier alpha value is -5.68. The van der Waals surface area contributed by atoms with Crippen molar-refractivity contribution in [1.82, 2.24) is 10.3 Å². The number of methoxy groups -OCH3 is 1. The summed E-state index contributed by atoms with van der Waals surface area (Å²) in [5, 5.41) is 11.0. The molecule has 0 radical (unpaired) electrons. The van der Waals surface area contributed by atoms with Crippen LogP contribution in [-0.2, 0) is 9.59 Å². The van der Waals surface area contributed by atoms with E-state index in [0.717, 1.165) is 21.7 Å². The Morgan fingerprint density at radius 3 is 2.24 bits per heavy atom. The van der Waals surface area contributed by atoms with E-state index in [1.165, 1.54) is 23.1 Å². The lowest BCUT2D eigenvalue weighted by molar-refractivity contribution is -0.116. The minimum absolute atomic E-state index is 0.0535. The van der Waals surface area contributed by atoms with Crippen LogP contribution in [0, 0.1) is 0 Å². The maximum Gasteiger partial charge on any atom is 0.272 e. The van der Waals surface area contributed by atoms with Gasteiger partial charge < -0.3 is 20.7 Å². The van der Waals surface area contributed by atoms with Gasteiger partial charge in [-0.15, -0.1) is 23.1 Å². The van der Waals surface area contributed by atoms with E-state index in [2.05, 4.69) is 20.9 Å². The molecule has 51 heavy (non-hydrogen) atoms. The Kier molecular flexibility index (Phi) is 11.6. The maximum absolute atomic E-state index is 13.7. The first-order valence-electron chi connectivity index (χ1n) is 15.7. The van der Waals surface area contributed by atoms with Crippen molar-refractivity contribution in [2.45, 2.75) is 10.1 Å². The van der Waals surface area contributed by atoms with Crippen LogP contribution in [0.15, 0.2) is 149 Å². The second kappa shape index (κ2) is 16.8. The van der Waals surface area contributed by atoms with Crippen LogP contribution in [0.5, 0.6) is 5.75 Å². The maximum atomic E-state index is 13.7. The first-order chi connectivity index (χ1) is 24.8. The first-order valence-corrected chi connectivity index (χ1v) is 17.9. The van der Waals surface area contributed by atoms with Crippen LogP contribution in [0.3, 0.4) is 0 Å². The van der Waals surface area contributed by atoms with Crippen LogP contribution in [0.4, 0.5) is 10.8 Å².